The number of aryl methyl sites for hydroxylation is 2. The number of furan rings is 1. The summed E-state index contributed by atoms with van der Waals surface area (Å²) in [4.78, 5) is 0. The maximum atomic E-state index is 5.17. The molecule has 0 spiro atoms. The Balaban J connectivity index is 1.79. The van der Waals surface area contributed by atoms with Gasteiger partial charge in [0.25, 0.3) is 0 Å². The van der Waals surface area contributed by atoms with E-state index in [-0.39, 0.29) is 0 Å². The average Bonchev–Trinajstić information content (AvgIpc) is 3.06. The van der Waals surface area contributed by atoms with E-state index in [1.54, 1.807) is 17.4 Å². The van der Waals surface area contributed by atoms with Gasteiger partial charge in [-0.15, -0.1) is 0 Å². The largest absolute Gasteiger partial charge is 0.472 e. The van der Waals surface area contributed by atoms with E-state index in [2.05, 4.69) is 23.5 Å². The van der Waals surface area contributed by atoms with Crippen LogP contribution in [0.2, 0.25) is 0 Å². The molecule has 2 nitrogen and oxygen atoms in total. The Bertz CT molecular complexity index is 516. The summed E-state index contributed by atoms with van der Waals surface area (Å²) in [5.41, 5.74) is 5.73. The number of hydrogen-bond donors (Lipinski definition) is 1. The smallest absolute Gasteiger partial charge is 0.0950 e. The summed E-state index contributed by atoms with van der Waals surface area (Å²) in [5, 5.41) is 3.36. The number of hydrogen-bond acceptors (Lipinski definition) is 2. The molecule has 0 fully saturated rings. The number of rotatable bonds is 4. The molecule has 0 aliphatic heterocycles. The maximum absolute atomic E-state index is 5.17. The summed E-state index contributed by atoms with van der Waals surface area (Å²) >= 11 is 0. The van der Waals surface area contributed by atoms with Gasteiger partial charge in [-0.1, -0.05) is 18.2 Å². The summed E-state index contributed by atoms with van der Waals surface area (Å²) in [6.07, 6.45) is 8.40. The van der Waals surface area contributed by atoms with Gasteiger partial charge in [0.1, 0.15) is 0 Å². The molecule has 1 aromatic heterocycles. The Kier molecular flexibility index (Phi) is 3.20. The zero-order valence-corrected chi connectivity index (χ0v) is 10.8. The predicted octanol–water partition coefficient (Wildman–Crippen LogP) is 3.27. The van der Waals surface area contributed by atoms with Crippen molar-refractivity contribution in [3.8, 4) is 0 Å². The summed E-state index contributed by atoms with van der Waals surface area (Å²) in [6, 6.07) is 9.33. The minimum absolute atomic E-state index is 0.336. The molecule has 0 saturated heterocycles. The van der Waals surface area contributed by atoms with E-state index in [1.165, 1.54) is 30.4 Å². The van der Waals surface area contributed by atoms with Gasteiger partial charge in [-0.2, -0.15) is 0 Å². The van der Waals surface area contributed by atoms with Gasteiger partial charge in [-0.05, 0) is 55.5 Å². The van der Waals surface area contributed by atoms with Crippen LogP contribution in [-0.4, -0.2) is 7.05 Å². The fourth-order valence-corrected chi connectivity index (χ4v) is 2.85. The summed E-state index contributed by atoms with van der Waals surface area (Å²) < 4.78 is 5.17. The van der Waals surface area contributed by atoms with E-state index in [9.17, 15) is 0 Å². The predicted molar refractivity (Wildman–Crippen MR) is 72.7 cm³/mol. The Labute approximate surface area is 108 Å². The fourth-order valence-electron chi connectivity index (χ4n) is 2.85. The molecule has 1 aromatic carbocycles. The van der Waals surface area contributed by atoms with Gasteiger partial charge in [-0.3, -0.25) is 0 Å². The summed E-state index contributed by atoms with van der Waals surface area (Å²) in [6.45, 7) is 0. The summed E-state index contributed by atoms with van der Waals surface area (Å²) in [5.74, 6) is 0. The quantitative estimate of drug-likeness (QED) is 0.888. The lowest BCUT2D eigenvalue weighted by Gasteiger charge is -2.15. The molecule has 18 heavy (non-hydrogen) atoms. The number of fused-ring (bicyclic) bond motifs is 1. The standard InChI is InChI=1S/C16H19NO/c1-17-16(15-7-8-18-11-15)10-12-5-6-13-3-2-4-14(13)9-12/h5-9,11,16-17H,2-4,10H2,1H3. The second-order valence-corrected chi connectivity index (χ2v) is 5.06. The molecule has 1 aliphatic rings. The molecule has 1 atom stereocenters. The van der Waals surface area contributed by atoms with Crippen molar-refractivity contribution in [2.45, 2.75) is 31.7 Å². The summed E-state index contributed by atoms with van der Waals surface area (Å²) in [7, 11) is 2.00. The molecule has 0 amide bonds. The molecule has 2 aromatic rings. The molecule has 0 bridgehead atoms. The van der Waals surface area contributed by atoms with E-state index in [1.807, 2.05) is 19.4 Å². The first-order chi connectivity index (χ1) is 8.86. The molecule has 1 unspecified atom stereocenters. The number of benzene rings is 1. The van der Waals surface area contributed by atoms with Crippen LogP contribution < -0.4 is 5.32 Å². The first-order valence-corrected chi connectivity index (χ1v) is 6.67. The highest BCUT2D eigenvalue weighted by Crippen LogP contribution is 2.25. The van der Waals surface area contributed by atoms with Crippen LogP contribution in [0, 0.1) is 0 Å². The molecule has 2 heteroatoms. The molecule has 3 rings (SSSR count). The molecule has 1 aliphatic carbocycles. The van der Waals surface area contributed by atoms with E-state index in [4.69, 9.17) is 4.42 Å². The van der Waals surface area contributed by atoms with Crippen LogP contribution in [0.25, 0.3) is 0 Å². The third-order valence-electron chi connectivity index (χ3n) is 3.90. The molecule has 94 valence electrons. The number of likely N-dealkylation sites (N-methyl/N-ethyl adjacent to an activating group) is 1. The first-order valence-electron chi connectivity index (χ1n) is 6.67. The lowest BCUT2D eigenvalue weighted by Crippen LogP contribution is -2.18. The van der Waals surface area contributed by atoms with Crippen molar-refractivity contribution in [3.05, 3.63) is 59.0 Å². The van der Waals surface area contributed by atoms with E-state index >= 15 is 0 Å². The third kappa shape index (κ3) is 2.21. The van der Waals surface area contributed by atoms with Crippen molar-refractivity contribution in [1.82, 2.24) is 5.32 Å². The lowest BCUT2D eigenvalue weighted by atomic mass is 9.98. The van der Waals surface area contributed by atoms with Gasteiger partial charge >= 0.3 is 0 Å². The number of nitrogens with one attached hydrogen (secondary N) is 1. The lowest BCUT2D eigenvalue weighted by molar-refractivity contribution is 0.542. The molecule has 1 N–H and O–H groups in total. The van der Waals surface area contributed by atoms with Gasteiger partial charge in [0, 0.05) is 11.6 Å². The van der Waals surface area contributed by atoms with Crippen LogP contribution in [0.15, 0.2) is 41.2 Å². The zero-order chi connectivity index (χ0) is 12.4. The molecule has 1 heterocycles. The van der Waals surface area contributed by atoms with Gasteiger partial charge in [-0.25, -0.2) is 0 Å². The first kappa shape index (κ1) is 11.5. The molecular weight excluding hydrogens is 222 g/mol. The van der Waals surface area contributed by atoms with Crippen molar-refractivity contribution in [3.63, 3.8) is 0 Å². The van der Waals surface area contributed by atoms with Gasteiger partial charge < -0.3 is 9.73 Å². The minimum Gasteiger partial charge on any atom is -0.472 e. The van der Waals surface area contributed by atoms with Gasteiger partial charge in [0.15, 0.2) is 0 Å². The van der Waals surface area contributed by atoms with Crippen LogP contribution in [0.5, 0.6) is 0 Å². The van der Waals surface area contributed by atoms with Crippen molar-refractivity contribution in [2.75, 3.05) is 7.05 Å². The van der Waals surface area contributed by atoms with Gasteiger partial charge in [0.2, 0.25) is 0 Å². The van der Waals surface area contributed by atoms with Crippen LogP contribution in [0.1, 0.15) is 34.7 Å². The van der Waals surface area contributed by atoms with Crippen molar-refractivity contribution < 1.29 is 4.42 Å². The zero-order valence-electron chi connectivity index (χ0n) is 10.8. The highest BCUT2D eigenvalue weighted by Gasteiger charge is 2.14. The minimum atomic E-state index is 0.336. The van der Waals surface area contributed by atoms with Crippen molar-refractivity contribution >= 4 is 0 Å². The fraction of sp³-hybridized carbons (Fsp3) is 0.375. The van der Waals surface area contributed by atoms with Gasteiger partial charge in [0.05, 0.1) is 12.5 Å². The van der Waals surface area contributed by atoms with E-state index < -0.39 is 0 Å². The van der Waals surface area contributed by atoms with Crippen molar-refractivity contribution in [2.24, 2.45) is 0 Å². The topological polar surface area (TPSA) is 25.2 Å². The van der Waals surface area contributed by atoms with Crippen LogP contribution in [-0.2, 0) is 19.3 Å². The second kappa shape index (κ2) is 4.99. The average molecular weight is 241 g/mol. The highest BCUT2D eigenvalue weighted by atomic mass is 16.3. The van der Waals surface area contributed by atoms with Crippen molar-refractivity contribution in [1.29, 1.82) is 0 Å². The van der Waals surface area contributed by atoms with Crippen LogP contribution in [0.4, 0.5) is 0 Å². The Hall–Kier alpha value is -1.54. The maximum Gasteiger partial charge on any atom is 0.0950 e. The highest BCUT2D eigenvalue weighted by molar-refractivity contribution is 5.36. The van der Waals surface area contributed by atoms with E-state index in [0.29, 0.717) is 6.04 Å². The van der Waals surface area contributed by atoms with Crippen LogP contribution >= 0.6 is 0 Å². The monoisotopic (exact) mass is 241 g/mol. The molecule has 0 saturated carbocycles. The van der Waals surface area contributed by atoms with Crippen LogP contribution in [0.3, 0.4) is 0 Å². The Morgan fingerprint density at radius 1 is 1.22 bits per heavy atom. The third-order valence-corrected chi connectivity index (χ3v) is 3.90. The second-order valence-electron chi connectivity index (χ2n) is 5.06. The molecular formula is C16H19NO. The Morgan fingerprint density at radius 2 is 2.11 bits per heavy atom. The van der Waals surface area contributed by atoms with E-state index in [0.717, 1.165) is 6.42 Å². The normalized spacial score (nSPS) is 15.6. The Morgan fingerprint density at radius 3 is 2.89 bits per heavy atom. The SMILES string of the molecule is CNC(Cc1ccc2c(c1)CCC2)c1ccoc1. The molecule has 0 radical (unpaired) electrons.